The van der Waals surface area contributed by atoms with E-state index in [1.165, 1.54) is 31.4 Å². The zero-order valence-corrected chi connectivity index (χ0v) is 14.7. The van der Waals surface area contributed by atoms with E-state index in [4.69, 9.17) is 11.6 Å². The molecule has 1 aromatic carbocycles. The van der Waals surface area contributed by atoms with Crippen LogP contribution < -0.4 is 0 Å². The van der Waals surface area contributed by atoms with Crippen LogP contribution in [0.2, 0.25) is 0 Å². The van der Waals surface area contributed by atoms with E-state index in [9.17, 15) is 8.78 Å². The summed E-state index contributed by atoms with van der Waals surface area (Å²) in [6, 6.07) is 2.41. The predicted molar refractivity (Wildman–Crippen MR) is 87.6 cm³/mol. The second-order valence-corrected chi connectivity index (χ2v) is 7.44. The number of benzene rings is 1. The van der Waals surface area contributed by atoms with Crippen LogP contribution in [0.5, 0.6) is 0 Å². The van der Waals surface area contributed by atoms with Gasteiger partial charge in [-0.05, 0) is 52.7 Å². The third-order valence-electron chi connectivity index (χ3n) is 4.61. The van der Waals surface area contributed by atoms with Gasteiger partial charge in [-0.2, -0.15) is 0 Å². The molecule has 21 heavy (non-hydrogen) atoms. The van der Waals surface area contributed by atoms with Crippen LogP contribution in [0, 0.1) is 23.5 Å². The molecule has 1 fully saturated rings. The first kappa shape index (κ1) is 17.2. The van der Waals surface area contributed by atoms with Gasteiger partial charge in [-0.3, -0.25) is 0 Å². The topological polar surface area (TPSA) is 0 Å². The van der Waals surface area contributed by atoms with E-state index < -0.39 is 17.0 Å². The molecule has 0 N–H and O–H groups in total. The molecule has 0 heterocycles. The lowest BCUT2D eigenvalue weighted by Gasteiger charge is -2.31. The molecule has 0 saturated heterocycles. The standard InChI is InChI=1S/C17H22BrClF2/c1-2-3-4-11-5-7-12(8-6-11)17(19)13-9-16(21)14(18)10-15(13)20/h9-12,17H,2-8H2,1H3. The molecule has 1 unspecified atom stereocenters. The third-order valence-corrected chi connectivity index (χ3v) is 5.81. The molecule has 1 aliphatic carbocycles. The van der Waals surface area contributed by atoms with Gasteiger partial charge >= 0.3 is 0 Å². The molecular weight excluding hydrogens is 358 g/mol. The van der Waals surface area contributed by atoms with Crippen molar-refractivity contribution in [2.45, 2.75) is 57.2 Å². The zero-order chi connectivity index (χ0) is 15.4. The Morgan fingerprint density at radius 2 is 1.86 bits per heavy atom. The fourth-order valence-electron chi connectivity index (χ4n) is 3.27. The largest absolute Gasteiger partial charge is 0.207 e. The number of unbranched alkanes of at least 4 members (excludes halogenated alkanes) is 1. The molecule has 2 rings (SSSR count). The van der Waals surface area contributed by atoms with Crippen LogP contribution in [0.15, 0.2) is 16.6 Å². The van der Waals surface area contributed by atoms with Gasteiger partial charge in [0.15, 0.2) is 0 Å². The number of alkyl halides is 1. The van der Waals surface area contributed by atoms with Crippen LogP contribution in [0.1, 0.15) is 62.8 Å². The SMILES string of the molecule is CCCCC1CCC(C(Cl)c2cc(F)c(Br)cc2F)CC1. The lowest BCUT2D eigenvalue weighted by atomic mass is 9.77. The minimum Gasteiger partial charge on any atom is -0.207 e. The van der Waals surface area contributed by atoms with Gasteiger partial charge in [-0.25, -0.2) is 8.78 Å². The highest BCUT2D eigenvalue weighted by atomic mass is 79.9. The fraction of sp³-hybridized carbons (Fsp3) is 0.647. The molecule has 0 aliphatic heterocycles. The summed E-state index contributed by atoms with van der Waals surface area (Å²) < 4.78 is 27.8. The Labute approximate surface area is 139 Å². The molecule has 0 nitrogen and oxygen atoms in total. The molecule has 0 amide bonds. The number of hydrogen-bond acceptors (Lipinski definition) is 0. The number of rotatable bonds is 5. The highest BCUT2D eigenvalue weighted by molar-refractivity contribution is 9.10. The Morgan fingerprint density at radius 3 is 2.48 bits per heavy atom. The van der Waals surface area contributed by atoms with E-state index in [0.29, 0.717) is 5.56 Å². The monoisotopic (exact) mass is 378 g/mol. The van der Waals surface area contributed by atoms with Gasteiger partial charge in [-0.15, -0.1) is 11.6 Å². The molecule has 1 aliphatic rings. The zero-order valence-electron chi connectivity index (χ0n) is 12.3. The molecule has 0 spiro atoms. The van der Waals surface area contributed by atoms with Gasteiger partial charge < -0.3 is 0 Å². The molecule has 1 atom stereocenters. The molecule has 0 bridgehead atoms. The van der Waals surface area contributed by atoms with E-state index in [0.717, 1.165) is 31.6 Å². The quantitative estimate of drug-likeness (QED) is 0.381. The predicted octanol–water partition coefficient (Wildman–Crippen LogP) is 7.00. The minimum absolute atomic E-state index is 0.149. The Bertz CT molecular complexity index is 470. The van der Waals surface area contributed by atoms with Crippen molar-refractivity contribution in [3.63, 3.8) is 0 Å². The van der Waals surface area contributed by atoms with Gasteiger partial charge in [0.25, 0.3) is 0 Å². The third kappa shape index (κ3) is 4.41. The minimum atomic E-state index is -0.450. The Morgan fingerprint density at radius 1 is 1.19 bits per heavy atom. The smallest absolute Gasteiger partial charge is 0.137 e. The van der Waals surface area contributed by atoms with Gasteiger partial charge in [0.1, 0.15) is 11.6 Å². The van der Waals surface area contributed by atoms with Crippen molar-refractivity contribution in [2.24, 2.45) is 11.8 Å². The maximum atomic E-state index is 14.0. The first-order chi connectivity index (χ1) is 10.0. The van der Waals surface area contributed by atoms with Crippen molar-refractivity contribution in [1.82, 2.24) is 0 Å². The first-order valence-electron chi connectivity index (χ1n) is 7.81. The summed E-state index contributed by atoms with van der Waals surface area (Å²) in [4.78, 5) is 0. The normalized spacial score (nSPS) is 24.0. The van der Waals surface area contributed by atoms with Gasteiger partial charge in [0.2, 0.25) is 0 Å². The molecule has 118 valence electrons. The summed E-state index contributed by atoms with van der Waals surface area (Å²) in [6.45, 7) is 2.21. The Kier molecular flexibility index (Phi) is 6.49. The van der Waals surface area contributed by atoms with Crippen molar-refractivity contribution in [3.05, 3.63) is 33.8 Å². The van der Waals surface area contributed by atoms with E-state index in [2.05, 4.69) is 22.9 Å². The van der Waals surface area contributed by atoms with Crippen LogP contribution in [0.4, 0.5) is 8.78 Å². The van der Waals surface area contributed by atoms with Crippen LogP contribution in [-0.4, -0.2) is 0 Å². The second-order valence-electron chi connectivity index (χ2n) is 6.11. The van der Waals surface area contributed by atoms with Crippen molar-refractivity contribution in [1.29, 1.82) is 0 Å². The summed E-state index contributed by atoms with van der Waals surface area (Å²) in [7, 11) is 0. The summed E-state index contributed by atoms with van der Waals surface area (Å²) in [5.74, 6) is 0.168. The molecule has 4 heteroatoms. The average molecular weight is 380 g/mol. The van der Waals surface area contributed by atoms with Crippen molar-refractivity contribution < 1.29 is 8.78 Å². The first-order valence-corrected chi connectivity index (χ1v) is 9.04. The highest BCUT2D eigenvalue weighted by Crippen LogP contribution is 2.42. The fourth-order valence-corrected chi connectivity index (χ4v) is 4.00. The summed E-state index contributed by atoms with van der Waals surface area (Å²) in [5, 5.41) is -0.431. The van der Waals surface area contributed by atoms with E-state index in [-0.39, 0.29) is 10.4 Å². The Balaban J connectivity index is 1.99. The lowest BCUT2D eigenvalue weighted by molar-refractivity contribution is 0.252. The molecule has 1 aromatic rings. The van der Waals surface area contributed by atoms with Gasteiger partial charge in [-0.1, -0.05) is 39.0 Å². The van der Waals surface area contributed by atoms with E-state index in [1.807, 2.05) is 0 Å². The van der Waals surface area contributed by atoms with Crippen molar-refractivity contribution >= 4 is 27.5 Å². The lowest BCUT2D eigenvalue weighted by Crippen LogP contribution is -2.19. The number of hydrogen-bond donors (Lipinski definition) is 0. The van der Waals surface area contributed by atoms with Crippen molar-refractivity contribution in [2.75, 3.05) is 0 Å². The highest BCUT2D eigenvalue weighted by Gasteiger charge is 2.29. The van der Waals surface area contributed by atoms with Crippen LogP contribution in [-0.2, 0) is 0 Å². The second kappa shape index (κ2) is 7.92. The molecule has 1 saturated carbocycles. The molecular formula is C17H22BrClF2. The van der Waals surface area contributed by atoms with Gasteiger partial charge in [0.05, 0.1) is 9.85 Å². The van der Waals surface area contributed by atoms with Crippen LogP contribution in [0.25, 0.3) is 0 Å². The molecule has 0 radical (unpaired) electrons. The van der Waals surface area contributed by atoms with Crippen LogP contribution in [0.3, 0.4) is 0 Å². The summed E-state index contributed by atoms with van der Waals surface area (Å²) in [6.07, 6.45) is 8.16. The van der Waals surface area contributed by atoms with Crippen LogP contribution >= 0.6 is 27.5 Å². The number of halogens is 4. The Hall–Kier alpha value is -0.150. The summed E-state index contributed by atoms with van der Waals surface area (Å²) in [5.41, 5.74) is 0.300. The summed E-state index contributed by atoms with van der Waals surface area (Å²) >= 11 is 9.44. The average Bonchev–Trinajstić information content (AvgIpc) is 2.48. The van der Waals surface area contributed by atoms with E-state index >= 15 is 0 Å². The maximum absolute atomic E-state index is 14.0. The molecule has 0 aromatic heterocycles. The van der Waals surface area contributed by atoms with E-state index in [1.54, 1.807) is 0 Å². The van der Waals surface area contributed by atoms with Crippen molar-refractivity contribution in [3.8, 4) is 0 Å². The maximum Gasteiger partial charge on any atom is 0.137 e. The van der Waals surface area contributed by atoms with Gasteiger partial charge in [0, 0.05) is 5.56 Å².